The van der Waals surface area contributed by atoms with Crippen molar-refractivity contribution < 1.29 is 22.3 Å². The summed E-state index contributed by atoms with van der Waals surface area (Å²) in [6.07, 6.45) is -2.99. The molecule has 0 bridgehead atoms. The van der Waals surface area contributed by atoms with Crippen molar-refractivity contribution in [3.63, 3.8) is 0 Å². The van der Waals surface area contributed by atoms with Crippen LogP contribution in [0.25, 0.3) is 11.1 Å². The number of halogens is 5. The molecule has 32 heavy (non-hydrogen) atoms. The number of hydrogen-bond acceptors (Lipinski definition) is 3. The van der Waals surface area contributed by atoms with Crippen LogP contribution in [0.5, 0.6) is 11.6 Å². The average molecular weight is 466 g/mol. The van der Waals surface area contributed by atoms with Crippen molar-refractivity contribution >= 4 is 23.6 Å². The van der Waals surface area contributed by atoms with E-state index in [2.05, 4.69) is 9.98 Å². The minimum Gasteiger partial charge on any atom is -0.438 e. The van der Waals surface area contributed by atoms with E-state index in [9.17, 15) is 17.6 Å². The Morgan fingerprint density at radius 3 is 2.44 bits per heavy atom. The lowest BCUT2D eigenvalue weighted by Gasteiger charge is -2.15. The summed E-state index contributed by atoms with van der Waals surface area (Å²) in [5.41, 5.74) is 1.06. The predicted octanol–water partition coefficient (Wildman–Crippen LogP) is 7.27. The molecular weight excluding hydrogens is 446 g/mol. The number of aryl methyl sites for hydroxylation is 1. The predicted molar refractivity (Wildman–Crippen MR) is 117 cm³/mol. The fraction of sp³-hybridized carbons (Fsp3) is 0.217. The highest BCUT2D eigenvalue weighted by molar-refractivity contribution is 6.31. The molecule has 168 valence electrons. The first-order chi connectivity index (χ1) is 15.1. The summed E-state index contributed by atoms with van der Waals surface area (Å²) < 4.78 is 58.9. The Kier molecular flexibility index (Phi) is 7.03. The Bertz CT molecular complexity index is 1130. The van der Waals surface area contributed by atoms with Gasteiger partial charge in [0.25, 0.3) is 0 Å². The summed E-state index contributed by atoms with van der Waals surface area (Å²) in [4.78, 5) is 10.7. The maximum absolute atomic E-state index is 13.4. The number of nitrogens with zero attached hydrogens (tertiary/aromatic N) is 3. The quantitative estimate of drug-likeness (QED) is 0.218. The van der Waals surface area contributed by atoms with Gasteiger partial charge in [0.2, 0.25) is 5.88 Å². The van der Waals surface area contributed by atoms with Gasteiger partial charge in [-0.2, -0.15) is 13.2 Å². The number of ether oxygens (including phenoxy) is 1. The van der Waals surface area contributed by atoms with E-state index in [1.165, 1.54) is 30.3 Å². The Hall–Kier alpha value is -3.13. The molecule has 2 aromatic carbocycles. The third-order valence-electron chi connectivity index (χ3n) is 4.66. The fourth-order valence-corrected chi connectivity index (χ4v) is 2.98. The minimum absolute atomic E-state index is 0.0624. The van der Waals surface area contributed by atoms with E-state index in [1.807, 2.05) is 18.9 Å². The van der Waals surface area contributed by atoms with Crippen molar-refractivity contribution in [3.05, 3.63) is 70.6 Å². The monoisotopic (exact) mass is 465 g/mol. The SMILES string of the molecule is CCN(C)/C=N/c1cc(-c2ccc(F)cc2)c(Oc2ccc(Cl)c(C(F)(F)F)c2)nc1C. The number of hydrogen-bond donors (Lipinski definition) is 0. The lowest BCUT2D eigenvalue weighted by Crippen LogP contribution is -2.14. The van der Waals surface area contributed by atoms with Crippen LogP contribution in [-0.4, -0.2) is 29.8 Å². The van der Waals surface area contributed by atoms with Gasteiger partial charge >= 0.3 is 6.18 Å². The Morgan fingerprint density at radius 1 is 1.12 bits per heavy atom. The van der Waals surface area contributed by atoms with E-state index in [4.69, 9.17) is 16.3 Å². The molecule has 9 heteroatoms. The zero-order chi connectivity index (χ0) is 23.5. The second-order valence-electron chi connectivity index (χ2n) is 7.01. The van der Waals surface area contributed by atoms with E-state index in [0.717, 1.165) is 18.7 Å². The van der Waals surface area contributed by atoms with Crippen molar-refractivity contribution in [2.24, 2.45) is 4.99 Å². The summed E-state index contributed by atoms with van der Waals surface area (Å²) in [6, 6.07) is 10.6. The highest BCUT2D eigenvalue weighted by Gasteiger charge is 2.33. The first kappa shape index (κ1) is 23.5. The molecule has 1 aromatic heterocycles. The molecule has 0 spiro atoms. The van der Waals surface area contributed by atoms with Gasteiger partial charge in [-0.1, -0.05) is 23.7 Å². The number of alkyl halides is 3. The molecule has 3 rings (SSSR count). The van der Waals surface area contributed by atoms with Gasteiger partial charge in [0, 0.05) is 19.2 Å². The average Bonchev–Trinajstić information content (AvgIpc) is 2.74. The lowest BCUT2D eigenvalue weighted by atomic mass is 10.1. The van der Waals surface area contributed by atoms with Gasteiger partial charge in [-0.15, -0.1) is 0 Å². The molecule has 0 saturated heterocycles. The van der Waals surface area contributed by atoms with Crippen LogP contribution in [0.3, 0.4) is 0 Å². The molecule has 0 saturated carbocycles. The third-order valence-corrected chi connectivity index (χ3v) is 4.99. The molecule has 0 N–H and O–H groups in total. The molecule has 0 radical (unpaired) electrons. The third kappa shape index (κ3) is 5.56. The second-order valence-corrected chi connectivity index (χ2v) is 7.42. The number of aromatic nitrogens is 1. The van der Waals surface area contributed by atoms with Gasteiger partial charge in [-0.25, -0.2) is 14.4 Å². The summed E-state index contributed by atoms with van der Waals surface area (Å²) in [5.74, 6) is -0.446. The summed E-state index contributed by atoms with van der Waals surface area (Å²) in [7, 11) is 1.86. The topological polar surface area (TPSA) is 37.7 Å². The molecule has 3 aromatic rings. The van der Waals surface area contributed by atoms with Crippen molar-refractivity contribution in [1.29, 1.82) is 0 Å². The molecular formula is C23H20ClF4N3O. The maximum Gasteiger partial charge on any atom is 0.417 e. The van der Waals surface area contributed by atoms with Crippen LogP contribution in [0, 0.1) is 12.7 Å². The number of benzene rings is 2. The van der Waals surface area contributed by atoms with Crippen LogP contribution in [0.15, 0.2) is 53.5 Å². The van der Waals surface area contributed by atoms with Gasteiger partial charge < -0.3 is 9.64 Å². The lowest BCUT2D eigenvalue weighted by molar-refractivity contribution is -0.137. The van der Waals surface area contributed by atoms with E-state index in [0.29, 0.717) is 22.5 Å². The van der Waals surface area contributed by atoms with Crippen LogP contribution in [0.2, 0.25) is 5.02 Å². The van der Waals surface area contributed by atoms with E-state index in [-0.39, 0.29) is 11.6 Å². The Morgan fingerprint density at radius 2 is 1.81 bits per heavy atom. The normalized spacial score (nSPS) is 11.8. The number of rotatable bonds is 6. The van der Waals surface area contributed by atoms with Crippen LogP contribution in [0.4, 0.5) is 23.2 Å². The highest BCUT2D eigenvalue weighted by Crippen LogP contribution is 2.40. The number of pyridine rings is 1. The molecule has 0 unspecified atom stereocenters. The Labute approximate surface area is 188 Å². The van der Waals surface area contributed by atoms with E-state index in [1.54, 1.807) is 19.3 Å². The molecule has 0 atom stereocenters. The van der Waals surface area contributed by atoms with E-state index >= 15 is 0 Å². The molecule has 0 amide bonds. The van der Waals surface area contributed by atoms with Crippen molar-refractivity contribution in [3.8, 4) is 22.8 Å². The molecule has 0 fully saturated rings. The molecule has 1 heterocycles. The maximum atomic E-state index is 13.4. The minimum atomic E-state index is -4.64. The van der Waals surface area contributed by atoms with Crippen LogP contribution < -0.4 is 4.74 Å². The van der Waals surface area contributed by atoms with Gasteiger partial charge in [-0.05, 0) is 55.8 Å². The second kappa shape index (κ2) is 9.56. The summed E-state index contributed by atoms with van der Waals surface area (Å²) in [5, 5.41) is -0.433. The molecule has 4 nitrogen and oxygen atoms in total. The van der Waals surface area contributed by atoms with Gasteiger partial charge in [0.1, 0.15) is 11.6 Å². The summed E-state index contributed by atoms with van der Waals surface area (Å²) in [6.45, 7) is 4.43. The van der Waals surface area contributed by atoms with Gasteiger partial charge in [0.05, 0.1) is 28.3 Å². The molecule has 0 aliphatic heterocycles. The van der Waals surface area contributed by atoms with Crippen molar-refractivity contribution in [2.75, 3.05) is 13.6 Å². The summed E-state index contributed by atoms with van der Waals surface area (Å²) >= 11 is 5.70. The van der Waals surface area contributed by atoms with Crippen molar-refractivity contribution in [1.82, 2.24) is 9.88 Å². The first-order valence-corrected chi connectivity index (χ1v) is 10.0. The van der Waals surface area contributed by atoms with E-state index < -0.39 is 22.6 Å². The van der Waals surface area contributed by atoms with Gasteiger partial charge in [0.15, 0.2) is 0 Å². The van der Waals surface area contributed by atoms with Crippen LogP contribution >= 0.6 is 11.6 Å². The molecule has 0 aliphatic carbocycles. The first-order valence-electron chi connectivity index (χ1n) is 9.65. The van der Waals surface area contributed by atoms with Crippen molar-refractivity contribution in [2.45, 2.75) is 20.0 Å². The fourth-order valence-electron chi connectivity index (χ4n) is 2.76. The zero-order valence-corrected chi connectivity index (χ0v) is 18.3. The smallest absolute Gasteiger partial charge is 0.417 e. The van der Waals surface area contributed by atoms with Crippen LogP contribution in [-0.2, 0) is 6.18 Å². The standard InChI is InChI=1S/C23H20ClF4N3O/c1-4-31(3)13-29-21-12-18(15-5-7-16(25)8-6-15)22(30-14(21)2)32-17-9-10-20(24)19(11-17)23(26,27)28/h5-13H,4H2,1-3H3/b29-13+. The molecule has 0 aliphatic rings. The van der Waals surface area contributed by atoms with Crippen LogP contribution in [0.1, 0.15) is 18.2 Å². The highest BCUT2D eigenvalue weighted by atomic mass is 35.5. The zero-order valence-electron chi connectivity index (χ0n) is 17.5. The number of aliphatic imine (C=N–C) groups is 1. The Balaban J connectivity index is 2.09. The van der Waals surface area contributed by atoms with Gasteiger partial charge in [-0.3, -0.25) is 0 Å². The largest absolute Gasteiger partial charge is 0.438 e.